The van der Waals surface area contributed by atoms with Gasteiger partial charge in [-0.15, -0.1) is 16.4 Å². The van der Waals surface area contributed by atoms with Crippen LogP contribution in [0.4, 0.5) is 5.00 Å². The number of furan rings is 1. The molecule has 31 heavy (non-hydrogen) atoms. The number of ether oxygens (including phenoxy) is 1. The summed E-state index contributed by atoms with van der Waals surface area (Å²) in [5.74, 6) is -2.17. The highest BCUT2D eigenvalue weighted by molar-refractivity contribution is 7.91. The number of anilines is 1. The number of carbonyl (C=O) groups is 2. The topological polar surface area (TPSA) is 142 Å². The summed E-state index contributed by atoms with van der Waals surface area (Å²) in [5.41, 5.74) is 1.18. The van der Waals surface area contributed by atoms with E-state index in [4.69, 9.17) is 13.6 Å². The van der Waals surface area contributed by atoms with Gasteiger partial charge in [-0.1, -0.05) is 5.10 Å². The first kappa shape index (κ1) is 21.2. The summed E-state index contributed by atoms with van der Waals surface area (Å²) < 4.78 is 40.5. The molecule has 12 heteroatoms. The van der Waals surface area contributed by atoms with E-state index in [9.17, 15) is 18.0 Å². The van der Waals surface area contributed by atoms with Crippen molar-refractivity contribution in [3.05, 3.63) is 34.4 Å². The molecule has 4 rings (SSSR count). The minimum absolute atomic E-state index is 0.112. The van der Waals surface area contributed by atoms with Crippen LogP contribution in [0.1, 0.15) is 40.6 Å². The van der Waals surface area contributed by atoms with Crippen LogP contribution in [-0.2, 0) is 32.2 Å². The third-order valence-corrected chi connectivity index (χ3v) is 7.18. The molecule has 1 aliphatic rings. The molecule has 0 spiro atoms. The van der Waals surface area contributed by atoms with E-state index < -0.39 is 32.7 Å². The summed E-state index contributed by atoms with van der Waals surface area (Å²) in [5, 5.41) is 9.32. The lowest BCUT2D eigenvalue weighted by atomic mass is 9.95. The van der Waals surface area contributed by atoms with E-state index in [0.717, 1.165) is 29.7 Å². The molecule has 0 saturated carbocycles. The quantitative estimate of drug-likeness (QED) is 0.521. The molecule has 164 valence electrons. The maximum Gasteiger partial charge on any atom is 0.341 e. The number of carbonyl (C=O) groups excluding carboxylic acids is 2. The largest absolute Gasteiger partial charge is 0.462 e. The second-order valence-corrected chi connectivity index (χ2v) is 9.77. The number of nitrogens with one attached hydrogen (secondary N) is 1. The predicted octanol–water partition coefficient (Wildman–Crippen LogP) is 2.86. The van der Waals surface area contributed by atoms with Gasteiger partial charge in [0, 0.05) is 4.88 Å². The monoisotopic (exact) mass is 465 g/mol. The van der Waals surface area contributed by atoms with Crippen LogP contribution in [0, 0.1) is 0 Å². The van der Waals surface area contributed by atoms with Gasteiger partial charge in [0.2, 0.25) is 15.7 Å². The molecule has 0 aliphatic heterocycles. The second kappa shape index (κ2) is 8.63. The fourth-order valence-electron chi connectivity index (χ4n) is 3.31. The van der Waals surface area contributed by atoms with E-state index in [1.54, 1.807) is 13.0 Å². The number of nitrogens with zero attached hydrogens (tertiary/aromatic N) is 2. The smallest absolute Gasteiger partial charge is 0.341 e. The van der Waals surface area contributed by atoms with Gasteiger partial charge >= 0.3 is 11.2 Å². The van der Waals surface area contributed by atoms with Gasteiger partial charge in [0.05, 0.1) is 18.4 Å². The summed E-state index contributed by atoms with van der Waals surface area (Å²) >= 11 is 1.28. The van der Waals surface area contributed by atoms with Crippen molar-refractivity contribution in [3.8, 4) is 11.7 Å². The maximum atomic E-state index is 12.6. The highest BCUT2D eigenvalue weighted by Crippen LogP contribution is 2.38. The summed E-state index contributed by atoms with van der Waals surface area (Å²) in [4.78, 5) is 26.0. The van der Waals surface area contributed by atoms with Crippen molar-refractivity contribution < 1.29 is 31.6 Å². The lowest BCUT2D eigenvalue weighted by molar-refractivity contribution is -0.113. The predicted molar refractivity (Wildman–Crippen MR) is 110 cm³/mol. The average molecular weight is 466 g/mol. The third kappa shape index (κ3) is 4.39. The zero-order valence-corrected chi connectivity index (χ0v) is 18.2. The Balaban J connectivity index is 1.53. The van der Waals surface area contributed by atoms with Gasteiger partial charge < -0.3 is 18.9 Å². The molecule has 0 unspecified atom stereocenters. The summed E-state index contributed by atoms with van der Waals surface area (Å²) in [6.45, 7) is 1.89. The third-order valence-electron chi connectivity index (χ3n) is 4.63. The second-order valence-electron chi connectivity index (χ2n) is 6.79. The van der Waals surface area contributed by atoms with Crippen molar-refractivity contribution >= 4 is 38.1 Å². The molecule has 1 aliphatic carbocycles. The van der Waals surface area contributed by atoms with Crippen LogP contribution < -0.4 is 5.32 Å². The lowest BCUT2D eigenvalue weighted by Crippen LogP contribution is -2.24. The Morgan fingerprint density at radius 2 is 2.06 bits per heavy atom. The van der Waals surface area contributed by atoms with Gasteiger partial charge in [-0.05, 0) is 50.3 Å². The molecular weight excluding hydrogens is 446 g/mol. The first-order chi connectivity index (χ1) is 14.9. The van der Waals surface area contributed by atoms with Crippen LogP contribution in [0.2, 0.25) is 0 Å². The highest BCUT2D eigenvalue weighted by atomic mass is 32.2. The fraction of sp³-hybridized carbons (Fsp3) is 0.368. The number of sulfone groups is 1. The molecule has 0 bridgehead atoms. The van der Waals surface area contributed by atoms with Crippen LogP contribution in [0.25, 0.3) is 11.7 Å². The molecule has 1 amide bonds. The van der Waals surface area contributed by atoms with E-state index >= 15 is 0 Å². The molecule has 1 N–H and O–H groups in total. The van der Waals surface area contributed by atoms with Crippen molar-refractivity contribution in [2.24, 2.45) is 0 Å². The number of hydrogen-bond donors (Lipinski definition) is 1. The number of rotatable bonds is 7. The summed E-state index contributed by atoms with van der Waals surface area (Å²) in [6, 6.07) is 3.12. The number of aryl methyl sites for hydroxylation is 1. The number of aromatic nitrogens is 2. The number of hydrogen-bond acceptors (Lipinski definition) is 10. The Labute approximate surface area is 181 Å². The van der Waals surface area contributed by atoms with Crippen molar-refractivity contribution in [1.29, 1.82) is 0 Å². The van der Waals surface area contributed by atoms with Crippen molar-refractivity contribution in [2.45, 2.75) is 37.8 Å². The van der Waals surface area contributed by atoms with E-state index in [1.165, 1.54) is 23.7 Å². The van der Waals surface area contributed by atoms with E-state index in [1.807, 2.05) is 0 Å². The molecule has 0 aromatic carbocycles. The molecule has 0 fully saturated rings. The van der Waals surface area contributed by atoms with Crippen LogP contribution in [0.15, 0.2) is 32.5 Å². The zero-order chi connectivity index (χ0) is 22.0. The van der Waals surface area contributed by atoms with Crippen LogP contribution >= 0.6 is 11.3 Å². The van der Waals surface area contributed by atoms with Crippen molar-refractivity contribution in [3.63, 3.8) is 0 Å². The van der Waals surface area contributed by atoms with Gasteiger partial charge in [0.15, 0.2) is 5.76 Å². The van der Waals surface area contributed by atoms with Gasteiger partial charge in [-0.25, -0.2) is 13.2 Å². The average Bonchev–Trinajstić information content (AvgIpc) is 3.46. The van der Waals surface area contributed by atoms with E-state index in [-0.39, 0.29) is 18.3 Å². The van der Waals surface area contributed by atoms with Gasteiger partial charge in [-0.2, -0.15) is 0 Å². The SMILES string of the molecule is CCOC(=O)c1c(NC(=O)CS(=O)(=O)c2nnc(-c3ccco3)o2)sc2c1CCCC2. The standard InChI is InChI=1S/C19H19N3O7S2/c1-2-27-18(24)15-11-6-3-4-8-13(11)30-17(15)20-14(23)10-31(25,26)19-22-21-16(29-19)12-7-5-9-28-12/h5,7,9H,2-4,6,8,10H2,1H3,(H,20,23). The van der Waals surface area contributed by atoms with Gasteiger partial charge in [-0.3, -0.25) is 4.79 Å². The van der Waals surface area contributed by atoms with Crippen molar-refractivity contribution in [1.82, 2.24) is 10.2 Å². The first-order valence-electron chi connectivity index (χ1n) is 9.60. The molecule has 0 radical (unpaired) electrons. The number of fused-ring (bicyclic) bond motifs is 1. The van der Waals surface area contributed by atoms with E-state index in [2.05, 4.69) is 15.5 Å². The Morgan fingerprint density at radius 1 is 1.26 bits per heavy atom. The van der Waals surface area contributed by atoms with Crippen LogP contribution in [0.3, 0.4) is 0 Å². The molecule has 3 aromatic heterocycles. The minimum Gasteiger partial charge on any atom is -0.462 e. The Hall–Kier alpha value is -2.99. The molecule has 3 heterocycles. The first-order valence-corrected chi connectivity index (χ1v) is 12.1. The number of esters is 1. The minimum atomic E-state index is -4.20. The lowest BCUT2D eigenvalue weighted by Gasteiger charge is -2.12. The molecule has 10 nitrogen and oxygen atoms in total. The zero-order valence-electron chi connectivity index (χ0n) is 16.5. The molecular formula is C19H19N3O7S2. The Morgan fingerprint density at radius 3 is 2.81 bits per heavy atom. The fourth-order valence-corrected chi connectivity index (χ4v) is 5.51. The summed E-state index contributed by atoms with van der Waals surface area (Å²) in [6.07, 6.45) is 4.83. The molecule has 0 saturated heterocycles. The number of thiophene rings is 1. The van der Waals surface area contributed by atoms with Crippen LogP contribution in [-0.4, -0.2) is 42.9 Å². The Kier molecular flexibility index (Phi) is 5.92. The van der Waals surface area contributed by atoms with Gasteiger partial charge in [0.25, 0.3) is 5.89 Å². The van der Waals surface area contributed by atoms with Crippen LogP contribution in [0.5, 0.6) is 0 Å². The maximum absolute atomic E-state index is 12.6. The number of amides is 1. The normalized spacial score (nSPS) is 13.6. The Bertz CT molecular complexity index is 1210. The highest BCUT2D eigenvalue weighted by Gasteiger charge is 2.30. The molecule has 0 atom stereocenters. The van der Waals surface area contributed by atoms with Crippen molar-refractivity contribution in [2.75, 3.05) is 17.7 Å². The van der Waals surface area contributed by atoms with Gasteiger partial charge in [0.1, 0.15) is 10.8 Å². The molecule has 3 aromatic rings. The van der Waals surface area contributed by atoms with E-state index in [0.29, 0.717) is 17.0 Å². The summed E-state index contributed by atoms with van der Waals surface area (Å²) in [7, 11) is -4.20.